The van der Waals surface area contributed by atoms with Crippen molar-refractivity contribution in [3.63, 3.8) is 0 Å². The monoisotopic (exact) mass is 293 g/mol. The SMILES string of the molecule is COc1c(Cl)cc2c(c1C1CCNCC1)CCCCC2. The number of aryl methyl sites for hydroxylation is 1. The van der Waals surface area contributed by atoms with Crippen LogP contribution in [0.15, 0.2) is 6.07 Å². The number of ether oxygens (including phenoxy) is 1. The van der Waals surface area contributed by atoms with Crippen molar-refractivity contribution in [2.75, 3.05) is 20.2 Å². The van der Waals surface area contributed by atoms with Crippen LogP contribution in [0.1, 0.15) is 54.7 Å². The maximum Gasteiger partial charge on any atom is 0.141 e. The van der Waals surface area contributed by atoms with E-state index in [0.29, 0.717) is 5.92 Å². The van der Waals surface area contributed by atoms with Gasteiger partial charge in [0.1, 0.15) is 5.75 Å². The third kappa shape index (κ3) is 2.68. The molecule has 0 spiro atoms. The second-order valence-electron chi connectivity index (χ2n) is 6.03. The molecule has 0 saturated carbocycles. The average molecular weight is 294 g/mol. The zero-order valence-corrected chi connectivity index (χ0v) is 13.1. The van der Waals surface area contributed by atoms with Crippen molar-refractivity contribution < 1.29 is 4.74 Å². The van der Waals surface area contributed by atoms with Crippen LogP contribution in [0.5, 0.6) is 5.75 Å². The maximum absolute atomic E-state index is 6.50. The predicted octanol–water partition coefficient (Wildman–Crippen LogP) is 4.08. The van der Waals surface area contributed by atoms with Gasteiger partial charge in [0, 0.05) is 5.56 Å². The van der Waals surface area contributed by atoms with Gasteiger partial charge >= 0.3 is 0 Å². The molecule has 2 aliphatic rings. The molecule has 1 aliphatic carbocycles. The number of nitrogens with one attached hydrogen (secondary N) is 1. The Kier molecular flexibility index (Phi) is 4.52. The van der Waals surface area contributed by atoms with E-state index < -0.39 is 0 Å². The van der Waals surface area contributed by atoms with Crippen LogP contribution in [-0.4, -0.2) is 20.2 Å². The molecule has 1 fully saturated rings. The predicted molar refractivity (Wildman–Crippen MR) is 84.1 cm³/mol. The molecular formula is C17H24ClNO. The van der Waals surface area contributed by atoms with Crippen LogP contribution in [0.25, 0.3) is 0 Å². The summed E-state index contributed by atoms with van der Waals surface area (Å²) in [5, 5.41) is 4.26. The summed E-state index contributed by atoms with van der Waals surface area (Å²) in [4.78, 5) is 0. The van der Waals surface area contributed by atoms with Gasteiger partial charge in [-0.05, 0) is 74.7 Å². The number of halogens is 1. The molecule has 3 heteroatoms. The fourth-order valence-electron chi connectivity index (χ4n) is 3.81. The van der Waals surface area contributed by atoms with Gasteiger partial charge in [-0.15, -0.1) is 0 Å². The number of hydrogen-bond acceptors (Lipinski definition) is 2. The lowest BCUT2D eigenvalue weighted by Crippen LogP contribution is -2.27. The summed E-state index contributed by atoms with van der Waals surface area (Å²) in [5.74, 6) is 1.55. The largest absolute Gasteiger partial charge is 0.495 e. The van der Waals surface area contributed by atoms with E-state index >= 15 is 0 Å². The number of methoxy groups -OCH3 is 1. The molecule has 1 N–H and O–H groups in total. The second kappa shape index (κ2) is 6.36. The Hall–Kier alpha value is -0.730. The summed E-state index contributed by atoms with van der Waals surface area (Å²) in [7, 11) is 1.76. The zero-order chi connectivity index (χ0) is 13.9. The van der Waals surface area contributed by atoms with Crippen LogP contribution in [0.3, 0.4) is 0 Å². The van der Waals surface area contributed by atoms with E-state index in [1.165, 1.54) is 56.1 Å². The summed E-state index contributed by atoms with van der Waals surface area (Å²) < 4.78 is 5.68. The van der Waals surface area contributed by atoms with E-state index in [2.05, 4.69) is 11.4 Å². The van der Waals surface area contributed by atoms with Crippen LogP contribution in [0, 0.1) is 0 Å². The molecule has 1 aromatic carbocycles. The molecular weight excluding hydrogens is 270 g/mol. The smallest absolute Gasteiger partial charge is 0.141 e. The molecule has 3 rings (SSSR count). The van der Waals surface area contributed by atoms with Crippen molar-refractivity contribution in [2.24, 2.45) is 0 Å². The first-order valence-electron chi connectivity index (χ1n) is 7.90. The summed E-state index contributed by atoms with van der Waals surface area (Å²) >= 11 is 6.50. The fourth-order valence-corrected chi connectivity index (χ4v) is 4.12. The molecule has 1 saturated heterocycles. The summed E-state index contributed by atoms with van der Waals surface area (Å²) in [5.41, 5.74) is 4.45. The first-order valence-corrected chi connectivity index (χ1v) is 8.28. The van der Waals surface area contributed by atoms with Gasteiger partial charge in [-0.2, -0.15) is 0 Å². The Bertz CT molecular complexity index is 480. The zero-order valence-electron chi connectivity index (χ0n) is 12.3. The van der Waals surface area contributed by atoms with E-state index in [1.807, 2.05) is 0 Å². The quantitative estimate of drug-likeness (QED) is 0.830. The number of rotatable bonds is 2. The van der Waals surface area contributed by atoms with Gasteiger partial charge in [0.05, 0.1) is 12.1 Å². The molecule has 1 aliphatic heterocycles. The van der Waals surface area contributed by atoms with Crippen molar-refractivity contribution >= 4 is 11.6 Å². The molecule has 2 nitrogen and oxygen atoms in total. The molecule has 0 aromatic heterocycles. The van der Waals surface area contributed by atoms with Gasteiger partial charge < -0.3 is 10.1 Å². The van der Waals surface area contributed by atoms with Crippen LogP contribution >= 0.6 is 11.6 Å². The van der Waals surface area contributed by atoms with Gasteiger partial charge in [0.2, 0.25) is 0 Å². The first-order chi connectivity index (χ1) is 9.81. The topological polar surface area (TPSA) is 21.3 Å². The Morgan fingerprint density at radius 2 is 1.90 bits per heavy atom. The molecule has 0 amide bonds. The molecule has 0 atom stereocenters. The van der Waals surface area contributed by atoms with Crippen LogP contribution in [-0.2, 0) is 12.8 Å². The number of fused-ring (bicyclic) bond motifs is 1. The number of hydrogen-bond donors (Lipinski definition) is 1. The molecule has 1 heterocycles. The Balaban J connectivity index is 2.09. The van der Waals surface area contributed by atoms with Gasteiger partial charge in [0.15, 0.2) is 0 Å². The van der Waals surface area contributed by atoms with Gasteiger partial charge in [-0.3, -0.25) is 0 Å². The highest BCUT2D eigenvalue weighted by Crippen LogP contribution is 2.43. The molecule has 110 valence electrons. The molecule has 0 bridgehead atoms. The van der Waals surface area contributed by atoms with Gasteiger partial charge in [0.25, 0.3) is 0 Å². The lowest BCUT2D eigenvalue weighted by molar-refractivity contribution is 0.390. The lowest BCUT2D eigenvalue weighted by atomic mass is 9.83. The average Bonchev–Trinajstić information content (AvgIpc) is 2.71. The fraction of sp³-hybridized carbons (Fsp3) is 0.647. The van der Waals surface area contributed by atoms with E-state index in [0.717, 1.165) is 23.9 Å². The summed E-state index contributed by atoms with van der Waals surface area (Å²) in [6, 6.07) is 2.16. The van der Waals surface area contributed by atoms with Crippen LogP contribution in [0.2, 0.25) is 5.02 Å². The number of benzene rings is 1. The summed E-state index contributed by atoms with van der Waals surface area (Å²) in [6.07, 6.45) is 8.70. The van der Waals surface area contributed by atoms with Gasteiger partial charge in [-0.25, -0.2) is 0 Å². The minimum Gasteiger partial charge on any atom is -0.495 e. The Morgan fingerprint density at radius 3 is 2.65 bits per heavy atom. The van der Waals surface area contributed by atoms with E-state index in [4.69, 9.17) is 16.3 Å². The van der Waals surface area contributed by atoms with Crippen molar-refractivity contribution in [3.8, 4) is 5.75 Å². The minimum atomic E-state index is 0.608. The van der Waals surface area contributed by atoms with E-state index in [9.17, 15) is 0 Å². The Morgan fingerprint density at radius 1 is 1.15 bits per heavy atom. The van der Waals surface area contributed by atoms with E-state index in [1.54, 1.807) is 12.7 Å². The first kappa shape index (κ1) is 14.2. The highest BCUT2D eigenvalue weighted by Gasteiger charge is 2.26. The highest BCUT2D eigenvalue weighted by atomic mass is 35.5. The molecule has 20 heavy (non-hydrogen) atoms. The molecule has 1 aromatic rings. The highest BCUT2D eigenvalue weighted by molar-refractivity contribution is 6.32. The molecule has 0 unspecified atom stereocenters. The second-order valence-corrected chi connectivity index (χ2v) is 6.44. The maximum atomic E-state index is 6.50. The normalized spacial score (nSPS) is 20.3. The third-order valence-corrected chi connectivity index (χ3v) is 5.08. The van der Waals surface area contributed by atoms with E-state index in [-0.39, 0.29) is 0 Å². The summed E-state index contributed by atoms with van der Waals surface area (Å²) in [6.45, 7) is 2.21. The lowest BCUT2D eigenvalue weighted by Gasteiger charge is -2.28. The van der Waals surface area contributed by atoms with Crippen molar-refractivity contribution in [1.29, 1.82) is 0 Å². The van der Waals surface area contributed by atoms with Crippen molar-refractivity contribution in [3.05, 3.63) is 27.8 Å². The van der Waals surface area contributed by atoms with Crippen LogP contribution < -0.4 is 10.1 Å². The van der Waals surface area contributed by atoms with Gasteiger partial charge in [-0.1, -0.05) is 18.0 Å². The van der Waals surface area contributed by atoms with Crippen molar-refractivity contribution in [1.82, 2.24) is 5.32 Å². The third-order valence-electron chi connectivity index (χ3n) is 4.80. The number of piperidine rings is 1. The standard InChI is InChI=1S/C17H24ClNO/c1-20-17-15(18)11-13-5-3-2-4-6-14(13)16(17)12-7-9-19-10-8-12/h11-12,19H,2-10H2,1H3. The van der Waals surface area contributed by atoms with Crippen molar-refractivity contribution in [2.45, 2.75) is 50.9 Å². The Labute approximate surface area is 126 Å². The van der Waals surface area contributed by atoms with Crippen LogP contribution in [0.4, 0.5) is 0 Å². The molecule has 0 radical (unpaired) electrons. The minimum absolute atomic E-state index is 0.608.